The highest BCUT2D eigenvalue weighted by Gasteiger charge is 2.03. The summed E-state index contributed by atoms with van der Waals surface area (Å²) in [5, 5.41) is 14.3. The van der Waals surface area contributed by atoms with Crippen molar-refractivity contribution in [1.82, 2.24) is 25.4 Å². The molecule has 0 saturated heterocycles. The minimum atomic E-state index is 0.727. The van der Waals surface area contributed by atoms with Gasteiger partial charge in [0.25, 0.3) is 0 Å². The van der Waals surface area contributed by atoms with E-state index >= 15 is 0 Å². The number of rotatable bonds is 8. The van der Waals surface area contributed by atoms with Gasteiger partial charge in [-0.2, -0.15) is 5.10 Å². The maximum atomic E-state index is 4.64. The summed E-state index contributed by atoms with van der Waals surface area (Å²) in [5.41, 5.74) is 3.38. The number of para-hydroxylation sites is 1. The molecule has 0 radical (unpaired) electrons. The van der Waals surface area contributed by atoms with Crippen LogP contribution >= 0.6 is 11.3 Å². The van der Waals surface area contributed by atoms with Crippen molar-refractivity contribution in [3.8, 4) is 5.69 Å². The van der Waals surface area contributed by atoms with Gasteiger partial charge in [-0.1, -0.05) is 18.2 Å². The molecule has 0 aliphatic carbocycles. The Morgan fingerprint density at radius 2 is 2.04 bits per heavy atom. The van der Waals surface area contributed by atoms with Gasteiger partial charge in [-0.05, 0) is 38.0 Å². The fourth-order valence-electron chi connectivity index (χ4n) is 2.68. The van der Waals surface area contributed by atoms with E-state index in [0.29, 0.717) is 0 Å². The fraction of sp³-hybridized carbons (Fsp3) is 0.350. The maximum absolute atomic E-state index is 4.64. The topological polar surface area (TPSA) is 67.1 Å². The number of aliphatic imine (C=N–C) groups is 1. The van der Waals surface area contributed by atoms with Crippen molar-refractivity contribution in [2.75, 3.05) is 19.6 Å². The molecule has 27 heavy (non-hydrogen) atoms. The summed E-state index contributed by atoms with van der Waals surface area (Å²) in [4.78, 5) is 9.12. The van der Waals surface area contributed by atoms with E-state index in [4.69, 9.17) is 0 Å². The molecule has 3 aromatic rings. The summed E-state index contributed by atoms with van der Waals surface area (Å²) in [6.45, 7) is 6.48. The molecule has 2 heterocycles. The molecule has 0 unspecified atom stereocenters. The van der Waals surface area contributed by atoms with Gasteiger partial charge in [0.15, 0.2) is 5.96 Å². The van der Waals surface area contributed by atoms with Crippen molar-refractivity contribution in [3.05, 3.63) is 64.4 Å². The second-order valence-corrected chi connectivity index (χ2v) is 7.24. The lowest BCUT2D eigenvalue weighted by Gasteiger charge is -2.10. The second kappa shape index (κ2) is 9.87. The molecular weight excluding hydrogens is 356 g/mol. The molecule has 2 N–H and O–H groups in total. The van der Waals surface area contributed by atoms with Gasteiger partial charge in [0, 0.05) is 37.6 Å². The number of thiazole rings is 1. The van der Waals surface area contributed by atoms with E-state index in [1.165, 1.54) is 5.56 Å². The molecule has 1 aromatic carbocycles. The SMILES string of the molecule is CCNC(=NCCc1csc(C)n1)NCCc1cnn(-c2ccccc2)c1. The van der Waals surface area contributed by atoms with E-state index in [-0.39, 0.29) is 0 Å². The monoisotopic (exact) mass is 382 g/mol. The van der Waals surface area contributed by atoms with Crippen LogP contribution in [0.1, 0.15) is 23.2 Å². The zero-order valence-corrected chi connectivity index (χ0v) is 16.7. The number of hydrogen-bond donors (Lipinski definition) is 2. The van der Waals surface area contributed by atoms with Crippen LogP contribution in [0.3, 0.4) is 0 Å². The number of nitrogens with one attached hydrogen (secondary N) is 2. The molecule has 0 amide bonds. The predicted molar refractivity (Wildman–Crippen MR) is 112 cm³/mol. The van der Waals surface area contributed by atoms with Crippen LogP contribution in [0.4, 0.5) is 0 Å². The van der Waals surface area contributed by atoms with Crippen molar-refractivity contribution in [1.29, 1.82) is 0 Å². The van der Waals surface area contributed by atoms with Gasteiger partial charge >= 0.3 is 0 Å². The summed E-state index contributed by atoms with van der Waals surface area (Å²) in [6, 6.07) is 10.1. The predicted octanol–water partition coefficient (Wildman–Crippen LogP) is 2.98. The second-order valence-electron chi connectivity index (χ2n) is 6.17. The van der Waals surface area contributed by atoms with Crippen molar-refractivity contribution in [2.24, 2.45) is 4.99 Å². The van der Waals surface area contributed by atoms with Crippen LogP contribution in [0.5, 0.6) is 0 Å². The molecule has 2 aromatic heterocycles. The van der Waals surface area contributed by atoms with Gasteiger partial charge in [-0.3, -0.25) is 4.99 Å². The molecule has 6 nitrogen and oxygen atoms in total. The smallest absolute Gasteiger partial charge is 0.191 e. The summed E-state index contributed by atoms with van der Waals surface area (Å²) in [6.07, 6.45) is 5.75. The Balaban J connectivity index is 1.48. The first-order valence-electron chi connectivity index (χ1n) is 9.26. The zero-order valence-electron chi connectivity index (χ0n) is 15.9. The summed E-state index contributed by atoms with van der Waals surface area (Å²) in [5.74, 6) is 0.847. The van der Waals surface area contributed by atoms with E-state index in [1.807, 2.05) is 36.0 Å². The standard InChI is InChI=1S/C20H26N6S/c1-3-21-20(23-12-10-18-15-27-16(2)25-18)22-11-9-17-13-24-26(14-17)19-7-5-4-6-8-19/h4-8,13-15H,3,9-12H2,1-2H3,(H2,21,22,23). The van der Waals surface area contributed by atoms with Crippen molar-refractivity contribution < 1.29 is 0 Å². The van der Waals surface area contributed by atoms with Crippen molar-refractivity contribution in [3.63, 3.8) is 0 Å². The molecule has 7 heteroatoms. The Hall–Kier alpha value is -2.67. The Labute approximate surface area is 164 Å². The van der Waals surface area contributed by atoms with Crippen LogP contribution in [0, 0.1) is 6.92 Å². The summed E-state index contributed by atoms with van der Waals surface area (Å²) in [7, 11) is 0. The number of aryl methyl sites for hydroxylation is 1. The van der Waals surface area contributed by atoms with E-state index in [1.54, 1.807) is 11.3 Å². The quantitative estimate of drug-likeness (QED) is 0.464. The molecule has 0 saturated carbocycles. The highest BCUT2D eigenvalue weighted by atomic mass is 32.1. The van der Waals surface area contributed by atoms with Gasteiger partial charge in [0.2, 0.25) is 0 Å². The van der Waals surface area contributed by atoms with Gasteiger partial charge in [-0.25, -0.2) is 9.67 Å². The van der Waals surface area contributed by atoms with Crippen molar-refractivity contribution in [2.45, 2.75) is 26.7 Å². The van der Waals surface area contributed by atoms with Crippen LogP contribution in [-0.4, -0.2) is 40.4 Å². The first-order valence-corrected chi connectivity index (χ1v) is 10.1. The average Bonchev–Trinajstić information content (AvgIpc) is 3.32. The Kier molecular flexibility index (Phi) is 6.98. The van der Waals surface area contributed by atoms with Gasteiger partial charge < -0.3 is 10.6 Å². The van der Waals surface area contributed by atoms with Gasteiger partial charge in [0.05, 0.1) is 22.6 Å². The summed E-state index contributed by atoms with van der Waals surface area (Å²) >= 11 is 1.69. The van der Waals surface area contributed by atoms with Gasteiger partial charge in [-0.15, -0.1) is 11.3 Å². The highest BCUT2D eigenvalue weighted by Crippen LogP contribution is 2.09. The average molecular weight is 383 g/mol. The molecule has 0 atom stereocenters. The molecule has 0 fully saturated rings. The van der Waals surface area contributed by atoms with Crippen LogP contribution in [-0.2, 0) is 12.8 Å². The van der Waals surface area contributed by atoms with E-state index in [0.717, 1.165) is 54.8 Å². The first kappa shape index (κ1) is 19.1. The lowest BCUT2D eigenvalue weighted by atomic mass is 10.2. The Morgan fingerprint density at radius 3 is 2.78 bits per heavy atom. The maximum Gasteiger partial charge on any atom is 0.191 e. The molecule has 0 spiro atoms. The minimum absolute atomic E-state index is 0.727. The number of benzene rings is 1. The highest BCUT2D eigenvalue weighted by molar-refractivity contribution is 7.09. The van der Waals surface area contributed by atoms with Crippen molar-refractivity contribution >= 4 is 17.3 Å². The normalized spacial score (nSPS) is 11.6. The number of aromatic nitrogens is 3. The molecule has 0 aliphatic rings. The number of hydrogen-bond acceptors (Lipinski definition) is 4. The van der Waals surface area contributed by atoms with Crippen LogP contribution in [0.25, 0.3) is 5.69 Å². The molecule has 0 aliphatic heterocycles. The molecule has 142 valence electrons. The molecular formula is C20H26N6S. The lowest BCUT2D eigenvalue weighted by Crippen LogP contribution is -2.38. The van der Waals surface area contributed by atoms with Crippen LogP contribution in [0.2, 0.25) is 0 Å². The van der Waals surface area contributed by atoms with E-state index < -0.39 is 0 Å². The Morgan fingerprint density at radius 1 is 1.19 bits per heavy atom. The number of guanidine groups is 1. The van der Waals surface area contributed by atoms with Gasteiger partial charge in [0.1, 0.15) is 0 Å². The lowest BCUT2D eigenvalue weighted by molar-refractivity contribution is 0.794. The van der Waals surface area contributed by atoms with Crippen LogP contribution < -0.4 is 10.6 Å². The molecule has 3 rings (SSSR count). The summed E-state index contributed by atoms with van der Waals surface area (Å²) < 4.78 is 1.91. The van der Waals surface area contributed by atoms with Crippen LogP contribution in [0.15, 0.2) is 53.1 Å². The third kappa shape index (κ3) is 5.92. The Bertz CT molecular complexity index is 852. The van der Waals surface area contributed by atoms with E-state index in [2.05, 4.69) is 56.3 Å². The first-order chi connectivity index (χ1) is 13.2. The molecule has 0 bridgehead atoms. The minimum Gasteiger partial charge on any atom is -0.357 e. The fourth-order valence-corrected chi connectivity index (χ4v) is 3.33. The number of nitrogens with zero attached hydrogens (tertiary/aromatic N) is 4. The van der Waals surface area contributed by atoms with E-state index in [9.17, 15) is 0 Å². The zero-order chi connectivity index (χ0) is 18.9. The third-order valence-corrected chi connectivity index (χ3v) is 4.83. The third-order valence-electron chi connectivity index (χ3n) is 4.01. The largest absolute Gasteiger partial charge is 0.357 e.